The maximum atomic E-state index is 13.3. The average molecular weight is 450 g/mol. The highest BCUT2D eigenvalue weighted by Gasteiger charge is 2.61. The highest BCUT2D eigenvalue weighted by atomic mass is 19.3. The summed E-state index contributed by atoms with van der Waals surface area (Å²) in [5.41, 5.74) is 5.05. The Bertz CT molecular complexity index is 1250. The minimum Gasteiger partial charge on any atom is -0.358 e. The lowest BCUT2D eigenvalue weighted by molar-refractivity contribution is -0.119. The molecule has 1 aromatic carbocycles. The summed E-state index contributed by atoms with van der Waals surface area (Å²) in [6, 6.07) is 13.4. The van der Waals surface area contributed by atoms with Crippen molar-refractivity contribution in [2.24, 2.45) is 11.3 Å². The molecule has 1 saturated carbocycles. The maximum Gasteiger partial charge on any atom is 0.260 e. The first-order valence-corrected chi connectivity index (χ1v) is 11.1. The van der Waals surface area contributed by atoms with E-state index in [0.717, 1.165) is 40.1 Å². The molecule has 2 aliphatic rings. The third-order valence-corrected chi connectivity index (χ3v) is 6.42. The Hall–Kier alpha value is -3.35. The van der Waals surface area contributed by atoms with Gasteiger partial charge in [-0.1, -0.05) is 44.2 Å². The van der Waals surface area contributed by atoms with Crippen LogP contribution in [-0.4, -0.2) is 27.6 Å². The van der Waals surface area contributed by atoms with Crippen molar-refractivity contribution in [3.8, 4) is 11.3 Å². The molecule has 33 heavy (non-hydrogen) atoms. The molecule has 1 unspecified atom stereocenters. The highest BCUT2D eigenvalue weighted by Crippen LogP contribution is 2.49. The van der Waals surface area contributed by atoms with Crippen molar-refractivity contribution < 1.29 is 18.4 Å². The number of ketones is 1. The predicted octanol–water partition coefficient (Wildman–Crippen LogP) is 5.42. The number of pyridine rings is 1. The molecular weight excluding hydrogens is 424 g/mol. The SMILES string of the molecule is CC1(C)CC(=O)c2c([nH]c(-c3ccnc(NC(=O)C4CC4(F)F)c3)c2Cc2ccccc2)C1. The van der Waals surface area contributed by atoms with Crippen molar-refractivity contribution in [2.45, 2.75) is 45.5 Å². The maximum absolute atomic E-state index is 13.3. The van der Waals surface area contributed by atoms with E-state index in [0.29, 0.717) is 12.8 Å². The van der Waals surface area contributed by atoms with E-state index in [9.17, 15) is 18.4 Å². The van der Waals surface area contributed by atoms with E-state index in [1.807, 2.05) is 30.3 Å². The number of fused-ring (bicyclic) bond motifs is 1. The highest BCUT2D eigenvalue weighted by molar-refractivity contribution is 6.02. The zero-order valence-electron chi connectivity index (χ0n) is 18.5. The number of Topliss-reactive ketones (excluding diaryl/α,β-unsaturated/α-hetero) is 1. The normalized spacial score (nSPS) is 20.2. The summed E-state index contributed by atoms with van der Waals surface area (Å²) >= 11 is 0. The Morgan fingerprint density at radius 2 is 1.91 bits per heavy atom. The van der Waals surface area contributed by atoms with E-state index in [1.54, 1.807) is 12.1 Å². The Morgan fingerprint density at radius 3 is 2.61 bits per heavy atom. The lowest BCUT2D eigenvalue weighted by atomic mass is 9.75. The van der Waals surface area contributed by atoms with Crippen molar-refractivity contribution in [1.82, 2.24) is 9.97 Å². The summed E-state index contributed by atoms with van der Waals surface area (Å²) in [6.07, 6.45) is 2.91. The van der Waals surface area contributed by atoms with Crippen LogP contribution >= 0.6 is 0 Å². The van der Waals surface area contributed by atoms with Gasteiger partial charge in [-0.15, -0.1) is 0 Å². The van der Waals surface area contributed by atoms with Gasteiger partial charge in [-0.05, 0) is 35.1 Å². The number of nitrogens with one attached hydrogen (secondary N) is 2. The van der Waals surface area contributed by atoms with Crippen molar-refractivity contribution in [3.63, 3.8) is 0 Å². The number of nitrogens with zero attached hydrogens (tertiary/aromatic N) is 1. The minimum absolute atomic E-state index is 0.119. The summed E-state index contributed by atoms with van der Waals surface area (Å²) in [5.74, 6) is -4.62. The molecule has 0 aliphatic heterocycles. The van der Waals surface area contributed by atoms with Crippen molar-refractivity contribution >= 4 is 17.5 Å². The molecule has 5 nitrogen and oxygen atoms in total. The van der Waals surface area contributed by atoms with Crippen LogP contribution in [0.2, 0.25) is 0 Å². The van der Waals surface area contributed by atoms with E-state index >= 15 is 0 Å². The van der Waals surface area contributed by atoms with Crippen molar-refractivity contribution in [1.29, 1.82) is 0 Å². The Kier molecular flexibility index (Phi) is 4.96. The van der Waals surface area contributed by atoms with Gasteiger partial charge in [0.15, 0.2) is 5.78 Å². The second kappa shape index (κ2) is 7.61. The first-order valence-electron chi connectivity index (χ1n) is 11.1. The minimum atomic E-state index is -2.93. The third kappa shape index (κ3) is 4.19. The van der Waals surface area contributed by atoms with Gasteiger partial charge in [-0.2, -0.15) is 0 Å². The number of halogens is 2. The number of carbonyl (C=O) groups is 2. The molecule has 0 saturated heterocycles. The van der Waals surface area contributed by atoms with Crippen LogP contribution in [0.3, 0.4) is 0 Å². The van der Waals surface area contributed by atoms with Gasteiger partial charge in [0.25, 0.3) is 5.92 Å². The second-order valence-corrected chi connectivity index (χ2v) is 9.87. The largest absolute Gasteiger partial charge is 0.358 e. The molecule has 2 aliphatic carbocycles. The van der Waals surface area contributed by atoms with Crippen LogP contribution in [0, 0.1) is 11.3 Å². The molecule has 2 aromatic heterocycles. The van der Waals surface area contributed by atoms with Gasteiger partial charge < -0.3 is 10.3 Å². The summed E-state index contributed by atoms with van der Waals surface area (Å²) in [6.45, 7) is 4.16. The second-order valence-electron chi connectivity index (χ2n) is 9.87. The van der Waals surface area contributed by atoms with Crippen molar-refractivity contribution in [3.05, 3.63) is 71.0 Å². The summed E-state index contributed by atoms with van der Waals surface area (Å²) in [5, 5.41) is 2.51. The quantitative estimate of drug-likeness (QED) is 0.546. The zero-order chi connectivity index (χ0) is 23.4. The standard InChI is InChI=1S/C26H25F2N3O2/c1-25(2)13-19-22(20(32)14-25)17(10-15-6-4-3-5-7-15)23(30-19)16-8-9-29-21(11-16)31-24(33)18-12-26(18,27)28/h3-9,11,18,30H,10,12-14H2,1-2H3,(H,29,31,33). The Labute approximate surface area is 190 Å². The number of rotatable bonds is 5. The molecule has 1 amide bonds. The van der Waals surface area contributed by atoms with Crippen LogP contribution in [0.15, 0.2) is 48.7 Å². The Balaban J connectivity index is 1.54. The number of anilines is 1. The van der Waals surface area contributed by atoms with Gasteiger partial charge in [0.1, 0.15) is 11.7 Å². The summed E-state index contributed by atoms with van der Waals surface area (Å²) < 4.78 is 26.5. The van der Waals surface area contributed by atoms with Crippen molar-refractivity contribution in [2.75, 3.05) is 5.32 Å². The molecule has 2 heterocycles. The smallest absolute Gasteiger partial charge is 0.260 e. The lowest BCUT2D eigenvalue weighted by Gasteiger charge is -2.28. The van der Waals surface area contributed by atoms with E-state index in [4.69, 9.17) is 0 Å². The molecule has 5 rings (SSSR count). The van der Waals surface area contributed by atoms with Gasteiger partial charge in [-0.25, -0.2) is 13.8 Å². The molecule has 7 heteroatoms. The van der Waals surface area contributed by atoms with E-state index in [1.165, 1.54) is 6.20 Å². The van der Waals surface area contributed by atoms with E-state index < -0.39 is 24.2 Å². The fourth-order valence-corrected chi connectivity index (χ4v) is 4.72. The first kappa shape index (κ1) is 21.5. The summed E-state index contributed by atoms with van der Waals surface area (Å²) in [4.78, 5) is 32.9. The van der Waals surface area contributed by atoms with Gasteiger partial charge in [-0.3, -0.25) is 9.59 Å². The number of alkyl halides is 2. The Morgan fingerprint density at radius 1 is 1.18 bits per heavy atom. The van der Waals surface area contributed by atoms with Gasteiger partial charge in [0, 0.05) is 42.3 Å². The van der Waals surface area contributed by atoms with Crippen LogP contribution in [0.1, 0.15) is 53.9 Å². The number of carbonyl (C=O) groups excluding carboxylic acids is 2. The number of aromatic nitrogens is 2. The molecule has 170 valence electrons. The molecular formula is C26H25F2N3O2. The molecule has 0 bridgehead atoms. The van der Waals surface area contributed by atoms with Crippen LogP contribution in [0.5, 0.6) is 0 Å². The number of hydrogen-bond donors (Lipinski definition) is 2. The average Bonchev–Trinajstić information content (AvgIpc) is 3.25. The van der Waals surface area contributed by atoms with Crippen LogP contribution in [0.25, 0.3) is 11.3 Å². The summed E-state index contributed by atoms with van der Waals surface area (Å²) in [7, 11) is 0. The molecule has 2 N–H and O–H groups in total. The first-order chi connectivity index (χ1) is 15.6. The lowest BCUT2D eigenvalue weighted by Crippen LogP contribution is -2.27. The van der Waals surface area contributed by atoms with Gasteiger partial charge >= 0.3 is 0 Å². The number of H-pyrrole nitrogens is 1. The fraction of sp³-hybridized carbons (Fsp3) is 0.346. The van der Waals surface area contributed by atoms with Crippen LogP contribution in [0.4, 0.5) is 14.6 Å². The number of aromatic amines is 1. The topological polar surface area (TPSA) is 74.8 Å². The number of hydrogen-bond acceptors (Lipinski definition) is 3. The van der Waals surface area contributed by atoms with Gasteiger partial charge in [0.05, 0.1) is 5.69 Å². The van der Waals surface area contributed by atoms with Gasteiger partial charge in [0.2, 0.25) is 5.91 Å². The molecule has 0 radical (unpaired) electrons. The number of benzene rings is 1. The molecule has 1 atom stereocenters. The molecule has 3 aromatic rings. The molecule has 0 spiro atoms. The van der Waals surface area contributed by atoms with Crippen LogP contribution < -0.4 is 5.32 Å². The molecule has 1 fully saturated rings. The number of amides is 1. The predicted molar refractivity (Wildman–Crippen MR) is 121 cm³/mol. The monoisotopic (exact) mass is 449 g/mol. The van der Waals surface area contributed by atoms with E-state index in [2.05, 4.69) is 29.1 Å². The van der Waals surface area contributed by atoms with E-state index in [-0.39, 0.29) is 17.0 Å². The third-order valence-electron chi connectivity index (χ3n) is 6.42. The zero-order valence-corrected chi connectivity index (χ0v) is 18.5. The fourth-order valence-electron chi connectivity index (χ4n) is 4.72. The van der Waals surface area contributed by atoms with Crippen LogP contribution in [-0.2, 0) is 17.6 Å².